The van der Waals surface area contributed by atoms with Gasteiger partial charge < -0.3 is 19.9 Å². The van der Waals surface area contributed by atoms with Gasteiger partial charge in [-0.15, -0.1) is 0 Å². The van der Waals surface area contributed by atoms with Crippen molar-refractivity contribution in [1.82, 2.24) is 4.90 Å². The molecule has 30 heavy (non-hydrogen) atoms. The number of nitrogens with zero attached hydrogens (tertiary/aromatic N) is 3. The quantitative estimate of drug-likeness (QED) is 0.726. The number of fused-ring (bicyclic) bond motifs is 1. The van der Waals surface area contributed by atoms with E-state index >= 15 is 0 Å². The molecule has 0 spiro atoms. The fraction of sp³-hybridized carbons (Fsp3) is 0.286. The molecule has 0 aliphatic carbocycles. The van der Waals surface area contributed by atoms with Crippen LogP contribution in [0.4, 0.5) is 5.69 Å². The van der Waals surface area contributed by atoms with E-state index in [2.05, 4.69) is 15.2 Å². The minimum atomic E-state index is -1.59. The topological polar surface area (TPSA) is 127 Å². The highest BCUT2D eigenvalue weighted by atomic mass is 32.2. The number of carbonyl (C=O) groups excluding carboxylic acids is 1. The third-order valence-corrected chi connectivity index (χ3v) is 5.98. The van der Waals surface area contributed by atoms with Gasteiger partial charge in [-0.05, 0) is 41.5 Å². The van der Waals surface area contributed by atoms with Crippen LogP contribution in [0.1, 0.15) is 34.3 Å². The first-order valence-electron chi connectivity index (χ1n) is 9.64. The lowest BCUT2D eigenvalue weighted by atomic mass is 9.97. The first-order chi connectivity index (χ1) is 14.6. The van der Waals surface area contributed by atoms with Gasteiger partial charge in [0.2, 0.25) is 11.5 Å². The highest BCUT2D eigenvalue weighted by Gasteiger charge is 2.28. The zero-order valence-electron chi connectivity index (χ0n) is 16.2. The van der Waals surface area contributed by atoms with Crippen molar-refractivity contribution in [3.8, 4) is 11.8 Å². The number of hydrogen-bond donors (Lipinski definition) is 2. The Morgan fingerprint density at radius 2 is 2.20 bits per heavy atom. The SMILES string of the molecule is N#Cc1ccccc1C(=O)N1CCCC(COc2cccc3c2C(N)=N[S+]([O-])N3)C1. The summed E-state index contributed by atoms with van der Waals surface area (Å²) < 4.78 is 24.3. The van der Waals surface area contributed by atoms with Crippen LogP contribution in [0.2, 0.25) is 0 Å². The molecule has 2 aliphatic rings. The Morgan fingerprint density at radius 3 is 3.03 bits per heavy atom. The van der Waals surface area contributed by atoms with Crippen molar-refractivity contribution in [3.05, 3.63) is 59.2 Å². The van der Waals surface area contributed by atoms with Crippen LogP contribution in [0.25, 0.3) is 0 Å². The van der Waals surface area contributed by atoms with Crippen molar-refractivity contribution in [3.63, 3.8) is 0 Å². The number of anilines is 1. The van der Waals surface area contributed by atoms with Crippen LogP contribution in [0, 0.1) is 17.2 Å². The van der Waals surface area contributed by atoms with Gasteiger partial charge >= 0.3 is 0 Å². The minimum absolute atomic E-state index is 0.128. The number of benzene rings is 2. The van der Waals surface area contributed by atoms with Gasteiger partial charge in [0.05, 0.1) is 35.1 Å². The molecule has 1 fully saturated rings. The van der Waals surface area contributed by atoms with E-state index in [1.54, 1.807) is 47.4 Å². The molecular weight excluding hydrogens is 402 g/mol. The van der Waals surface area contributed by atoms with Crippen LogP contribution in [-0.2, 0) is 11.5 Å². The second-order valence-electron chi connectivity index (χ2n) is 7.23. The molecule has 1 saturated heterocycles. The molecule has 2 aromatic rings. The monoisotopic (exact) mass is 423 g/mol. The lowest BCUT2D eigenvalue weighted by Gasteiger charge is -2.33. The molecule has 0 saturated carbocycles. The van der Waals surface area contributed by atoms with Crippen LogP contribution >= 0.6 is 0 Å². The summed E-state index contributed by atoms with van der Waals surface area (Å²) in [5.41, 5.74) is 7.99. The van der Waals surface area contributed by atoms with Crippen molar-refractivity contribution < 1.29 is 14.1 Å². The second-order valence-corrected chi connectivity index (χ2v) is 8.12. The largest absolute Gasteiger partial charge is 0.566 e. The predicted octanol–water partition coefficient (Wildman–Crippen LogP) is 2.20. The molecule has 3 N–H and O–H groups in total. The summed E-state index contributed by atoms with van der Waals surface area (Å²) in [4.78, 5) is 14.7. The average molecular weight is 423 g/mol. The Morgan fingerprint density at radius 1 is 1.37 bits per heavy atom. The molecule has 2 atom stereocenters. The number of piperidine rings is 1. The number of ether oxygens (including phenoxy) is 1. The van der Waals surface area contributed by atoms with Crippen molar-refractivity contribution in [1.29, 1.82) is 5.26 Å². The van der Waals surface area contributed by atoms with E-state index in [0.717, 1.165) is 12.8 Å². The molecule has 0 aromatic heterocycles. The molecule has 2 aliphatic heterocycles. The Bertz CT molecular complexity index is 1040. The smallest absolute Gasteiger partial charge is 0.255 e. The number of hydrogen-bond acceptors (Lipinski definition) is 7. The number of nitrogens with one attached hydrogen (secondary N) is 1. The van der Waals surface area contributed by atoms with Crippen molar-refractivity contribution in [2.24, 2.45) is 16.0 Å². The molecule has 2 unspecified atom stereocenters. The highest BCUT2D eigenvalue weighted by Crippen LogP contribution is 2.31. The molecule has 0 bridgehead atoms. The fourth-order valence-electron chi connectivity index (χ4n) is 3.78. The standard InChI is InChI=1S/C21H21N5O3S/c22-11-15-6-1-2-7-16(15)21(27)26-10-4-5-14(12-26)13-29-18-9-3-8-17-19(18)20(23)25-30(28)24-17/h1-3,6-9,14,24H,4-5,10,12-13H2,(H2,23,25). The summed E-state index contributed by atoms with van der Waals surface area (Å²) in [6, 6.07) is 14.3. The predicted molar refractivity (Wildman–Crippen MR) is 114 cm³/mol. The maximum Gasteiger partial charge on any atom is 0.255 e. The fourth-order valence-corrected chi connectivity index (χ4v) is 4.46. The number of nitriles is 1. The Kier molecular flexibility index (Phi) is 5.79. The van der Waals surface area contributed by atoms with Gasteiger partial charge in [-0.2, -0.15) is 9.98 Å². The van der Waals surface area contributed by atoms with Gasteiger partial charge in [0.25, 0.3) is 5.91 Å². The van der Waals surface area contributed by atoms with Gasteiger partial charge in [0, 0.05) is 19.0 Å². The third-order valence-electron chi connectivity index (χ3n) is 5.22. The van der Waals surface area contributed by atoms with Crippen LogP contribution < -0.4 is 15.2 Å². The van der Waals surface area contributed by atoms with Gasteiger partial charge in [-0.1, -0.05) is 18.2 Å². The molecule has 4 rings (SSSR count). The lowest BCUT2D eigenvalue weighted by molar-refractivity contribution is 0.0633. The van der Waals surface area contributed by atoms with E-state index in [4.69, 9.17) is 10.5 Å². The van der Waals surface area contributed by atoms with E-state index in [9.17, 15) is 14.6 Å². The summed E-state index contributed by atoms with van der Waals surface area (Å²) in [7, 11) is 0. The normalized spacial score (nSPS) is 20.4. The molecule has 1 amide bonds. The van der Waals surface area contributed by atoms with Crippen molar-refractivity contribution in [2.45, 2.75) is 12.8 Å². The van der Waals surface area contributed by atoms with Crippen LogP contribution in [-0.4, -0.2) is 40.9 Å². The Labute approximate surface area is 177 Å². The maximum absolute atomic E-state index is 12.9. The maximum atomic E-state index is 12.9. The Balaban J connectivity index is 1.44. The van der Waals surface area contributed by atoms with E-state index in [-0.39, 0.29) is 17.7 Å². The molecule has 8 nitrogen and oxygen atoms in total. The molecule has 9 heteroatoms. The number of nitrogens with two attached hydrogens (primary N) is 1. The number of amides is 1. The molecule has 154 valence electrons. The van der Waals surface area contributed by atoms with Gasteiger partial charge in [0.1, 0.15) is 5.75 Å². The third kappa shape index (κ3) is 4.06. The minimum Gasteiger partial charge on any atom is -0.566 e. The zero-order chi connectivity index (χ0) is 21.1. The summed E-state index contributed by atoms with van der Waals surface area (Å²) in [5, 5.41) is 9.28. The zero-order valence-corrected chi connectivity index (χ0v) is 17.0. The van der Waals surface area contributed by atoms with Crippen LogP contribution in [0.15, 0.2) is 46.9 Å². The van der Waals surface area contributed by atoms with Crippen LogP contribution in [0.5, 0.6) is 5.75 Å². The number of carbonyl (C=O) groups is 1. The second kappa shape index (κ2) is 8.65. The molecule has 0 radical (unpaired) electrons. The summed E-state index contributed by atoms with van der Waals surface area (Å²) in [6.07, 6.45) is 1.80. The van der Waals surface area contributed by atoms with E-state index in [0.29, 0.717) is 47.8 Å². The number of rotatable bonds is 4. The first-order valence-corrected chi connectivity index (χ1v) is 10.7. The van der Waals surface area contributed by atoms with Crippen molar-refractivity contribution in [2.75, 3.05) is 24.4 Å². The average Bonchev–Trinajstić information content (AvgIpc) is 2.77. The van der Waals surface area contributed by atoms with E-state index in [1.807, 2.05) is 0 Å². The lowest BCUT2D eigenvalue weighted by Crippen LogP contribution is -2.42. The number of amidine groups is 1. The van der Waals surface area contributed by atoms with Crippen LogP contribution in [0.3, 0.4) is 0 Å². The van der Waals surface area contributed by atoms with Gasteiger partial charge in [0.15, 0.2) is 5.84 Å². The Hall–Kier alpha value is -3.22. The molecule has 2 aromatic carbocycles. The summed E-state index contributed by atoms with van der Waals surface area (Å²) in [6.45, 7) is 1.63. The van der Waals surface area contributed by atoms with Crippen molar-refractivity contribution >= 4 is 29.0 Å². The summed E-state index contributed by atoms with van der Waals surface area (Å²) in [5.74, 6) is 0.760. The summed E-state index contributed by atoms with van der Waals surface area (Å²) >= 11 is -1.59. The molecular formula is C21H21N5O3S. The molecule has 2 heterocycles. The first kappa shape index (κ1) is 20.1. The van der Waals surface area contributed by atoms with Gasteiger partial charge in [-0.3, -0.25) is 4.79 Å². The van der Waals surface area contributed by atoms with E-state index < -0.39 is 11.5 Å². The van der Waals surface area contributed by atoms with Gasteiger partial charge in [-0.25, -0.2) is 0 Å². The highest BCUT2D eigenvalue weighted by molar-refractivity contribution is 7.91. The van der Waals surface area contributed by atoms with E-state index in [1.165, 1.54) is 0 Å². The number of likely N-dealkylation sites (tertiary alicyclic amines) is 1.